The molecule has 1 atom stereocenters. The third-order valence-electron chi connectivity index (χ3n) is 5.25. The normalized spacial score (nSPS) is 23.5. The predicted octanol–water partition coefficient (Wildman–Crippen LogP) is 2.17. The van der Waals surface area contributed by atoms with E-state index in [0.717, 1.165) is 49.2 Å². The Hall–Kier alpha value is -2.37. The van der Waals surface area contributed by atoms with E-state index in [0.29, 0.717) is 0 Å². The molecule has 6 heteroatoms. The summed E-state index contributed by atoms with van der Waals surface area (Å²) in [6.45, 7) is 2.74. The zero-order valence-corrected chi connectivity index (χ0v) is 13.8. The molecule has 0 bridgehead atoms. The summed E-state index contributed by atoms with van der Waals surface area (Å²) >= 11 is 0. The topological polar surface area (TPSA) is 73.8 Å². The largest absolute Gasteiger partial charge is 0.335 e. The number of nitrogens with one attached hydrogen (secondary N) is 2. The molecule has 3 aliphatic rings. The molecule has 3 amide bonds. The number of rotatable bonds is 2. The summed E-state index contributed by atoms with van der Waals surface area (Å²) in [5, 5.41) is 7.01. The van der Waals surface area contributed by atoms with E-state index in [1.165, 1.54) is 12.0 Å². The molecule has 1 fully saturated rings. The zero-order valence-electron chi connectivity index (χ0n) is 13.8. The maximum Gasteiger partial charge on any atom is 0.335 e. The summed E-state index contributed by atoms with van der Waals surface area (Å²) < 4.78 is 0. The Kier molecular flexibility index (Phi) is 3.75. The Labute approximate surface area is 141 Å². The summed E-state index contributed by atoms with van der Waals surface area (Å²) in [5.41, 5.74) is 6.52. The molecule has 0 aromatic heterocycles. The van der Waals surface area contributed by atoms with Crippen LogP contribution in [0.15, 0.2) is 23.3 Å². The van der Waals surface area contributed by atoms with Crippen LogP contribution in [0.1, 0.15) is 43.7 Å². The van der Waals surface area contributed by atoms with E-state index in [1.807, 2.05) is 24.0 Å². The van der Waals surface area contributed by atoms with Crippen molar-refractivity contribution in [3.05, 3.63) is 29.3 Å². The smallest absolute Gasteiger partial charge is 0.328 e. The highest BCUT2D eigenvalue weighted by molar-refractivity contribution is 6.08. The quantitative estimate of drug-likeness (QED) is 0.874. The molecule has 2 aliphatic heterocycles. The minimum absolute atomic E-state index is 0.131. The second kappa shape index (κ2) is 5.92. The van der Waals surface area contributed by atoms with Crippen LogP contribution < -0.4 is 15.6 Å². The molecule has 2 N–H and O–H groups in total. The highest BCUT2D eigenvalue weighted by Gasteiger charge is 2.32. The van der Waals surface area contributed by atoms with Crippen LogP contribution in [0.3, 0.4) is 0 Å². The van der Waals surface area contributed by atoms with E-state index in [-0.39, 0.29) is 23.9 Å². The molecule has 1 saturated carbocycles. The van der Waals surface area contributed by atoms with Crippen molar-refractivity contribution >= 4 is 23.3 Å². The van der Waals surface area contributed by atoms with Gasteiger partial charge in [-0.1, -0.05) is 12.5 Å². The number of hydrogen-bond acceptors (Lipinski definition) is 3. The van der Waals surface area contributed by atoms with E-state index in [1.54, 1.807) is 0 Å². The van der Waals surface area contributed by atoms with Gasteiger partial charge in [-0.05, 0) is 50.3 Å². The maximum absolute atomic E-state index is 12.7. The maximum atomic E-state index is 12.7. The third-order valence-corrected chi connectivity index (χ3v) is 5.25. The second-order valence-corrected chi connectivity index (χ2v) is 6.87. The van der Waals surface area contributed by atoms with Gasteiger partial charge in [-0.3, -0.25) is 4.79 Å². The molecule has 2 heterocycles. The molecular weight excluding hydrogens is 304 g/mol. The van der Waals surface area contributed by atoms with Crippen LogP contribution in [0.4, 0.5) is 10.5 Å². The van der Waals surface area contributed by atoms with Gasteiger partial charge in [-0.2, -0.15) is 5.10 Å². The minimum Gasteiger partial charge on any atom is -0.328 e. The van der Waals surface area contributed by atoms with Gasteiger partial charge in [0.2, 0.25) is 5.91 Å². The van der Waals surface area contributed by atoms with Gasteiger partial charge >= 0.3 is 6.03 Å². The van der Waals surface area contributed by atoms with Crippen molar-refractivity contribution in [1.82, 2.24) is 10.7 Å². The van der Waals surface area contributed by atoms with Gasteiger partial charge in [0.25, 0.3) is 0 Å². The van der Waals surface area contributed by atoms with Gasteiger partial charge in [-0.15, -0.1) is 0 Å². The van der Waals surface area contributed by atoms with E-state index in [2.05, 4.69) is 21.9 Å². The lowest BCUT2D eigenvalue weighted by Gasteiger charge is -2.35. The van der Waals surface area contributed by atoms with Crippen LogP contribution in [0.5, 0.6) is 0 Å². The number of aryl methyl sites for hydroxylation is 1. The molecule has 6 nitrogen and oxygen atoms in total. The molecule has 0 spiro atoms. The third kappa shape index (κ3) is 2.56. The summed E-state index contributed by atoms with van der Waals surface area (Å²) in [4.78, 5) is 26.0. The van der Waals surface area contributed by atoms with Crippen molar-refractivity contribution in [2.75, 3.05) is 11.4 Å². The Morgan fingerprint density at radius 2 is 2.12 bits per heavy atom. The van der Waals surface area contributed by atoms with Crippen LogP contribution in [0, 0.1) is 5.92 Å². The molecule has 126 valence electrons. The summed E-state index contributed by atoms with van der Waals surface area (Å²) in [7, 11) is 0. The Bertz CT molecular complexity index is 724. The summed E-state index contributed by atoms with van der Waals surface area (Å²) in [6.07, 6.45) is 5.20. The number of nitrogens with zero attached hydrogens (tertiary/aromatic N) is 2. The van der Waals surface area contributed by atoms with Gasteiger partial charge in [0, 0.05) is 23.7 Å². The van der Waals surface area contributed by atoms with Crippen LogP contribution in [-0.2, 0) is 11.2 Å². The average Bonchev–Trinajstić information content (AvgIpc) is 2.52. The monoisotopic (exact) mass is 326 g/mol. The van der Waals surface area contributed by atoms with Crippen LogP contribution in [0.2, 0.25) is 0 Å². The first kappa shape index (κ1) is 15.2. The van der Waals surface area contributed by atoms with Gasteiger partial charge < -0.3 is 10.2 Å². The number of carbonyl (C=O) groups is 2. The fourth-order valence-corrected chi connectivity index (χ4v) is 3.68. The van der Waals surface area contributed by atoms with Gasteiger partial charge in [0.1, 0.15) is 0 Å². The van der Waals surface area contributed by atoms with Crippen molar-refractivity contribution in [3.8, 4) is 0 Å². The van der Waals surface area contributed by atoms with Crippen molar-refractivity contribution in [3.63, 3.8) is 0 Å². The lowest BCUT2D eigenvalue weighted by atomic mass is 9.83. The van der Waals surface area contributed by atoms with Crippen LogP contribution in [-0.4, -0.2) is 30.2 Å². The molecule has 1 aliphatic carbocycles. The van der Waals surface area contributed by atoms with E-state index < -0.39 is 0 Å². The number of benzene rings is 1. The van der Waals surface area contributed by atoms with Gasteiger partial charge in [0.15, 0.2) is 0 Å². The first-order valence-electron chi connectivity index (χ1n) is 8.72. The van der Waals surface area contributed by atoms with Crippen LogP contribution >= 0.6 is 0 Å². The number of carbonyl (C=O) groups excluding carboxylic acids is 2. The second-order valence-electron chi connectivity index (χ2n) is 6.87. The number of urea groups is 1. The zero-order chi connectivity index (χ0) is 16.7. The van der Waals surface area contributed by atoms with E-state index >= 15 is 0 Å². The Morgan fingerprint density at radius 1 is 1.29 bits per heavy atom. The van der Waals surface area contributed by atoms with Crippen molar-refractivity contribution in [2.45, 2.75) is 45.1 Å². The van der Waals surface area contributed by atoms with Crippen molar-refractivity contribution in [2.24, 2.45) is 11.0 Å². The molecule has 0 saturated heterocycles. The summed E-state index contributed by atoms with van der Waals surface area (Å²) in [6, 6.07) is 5.74. The molecule has 4 rings (SSSR count). The SMILES string of the molecule is CC1NC(=O)NN=C1c1ccc2c(c1)CCCN2C(=O)C1CCC1. The highest BCUT2D eigenvalue weighted by atomic mass is 16.2. The first-order chi connectivity index (χ1) is 11.6. The van der Waals surface area contributed by atoms with Gasteiger partial charge in [0.05, 0.1) is 11.8 Å². The average molecular weight is 326 g/mol. The number of hydrogen-bond donors (Lipinski definition) is 2. The minimum atomic E-state index is -0.276. The Morgan fingerprint density at radius 3 is 2.83 bits per heavy atom. The number of amides is 3. The molecule has 1 aromatic rings. The number of anilines is 1. The fraction of sp³-hybridized carbons (Fsp3) is 0.500. The fourth-order valence-electron chi connectivity index (χ4n) is 3.68. The molecule has 24 heavy (non-hydrogen) atoms. The van der Waals surface area contributed by atoms with Crippen molar-refractivity contribution in [1.29, 1.82) is 0 Å². The standard InChI is InChI=1S/C18H22N4O2/c1-11-16(20-21-18(24)19-11)14-7-8-15-13(10-14)6-3-9-22(15)17(23)12-4-2-5-12/h7-8,10-12H,2-6,9H2,1H3,(H2,19,21,24). The van der Waals surface area contributed by atoms with Crippen molar-refractivity contribution < 1.29 is 9.59 Å². The van der Waals surface area contributed by atoms with Crippen LogP contribution in [0.25, 0.3) is 0 Å². The Balaban J connectivity index is 1.63. The molecular formula is C18H22N4O2. The van der Waals surface area contributed by atoms with E-state index in [9.17, 15) is 9.59 Å². The van der Waals surface area contributed by atoms with Gasteiger partial charge in [-0.25, -0.2) is 10.2 Å². The first-order valence-corrected chi connectivity index (χ1v) is 8.72. The summed E-state index contributed by atoms with van der Waals surface area (Å²) in [5.74, 6) is 0.505. The predicted molar refractivity (Wildman–Crippen MR) is 92.1 cm³/mol. The molecule has 1 unspecified atom stereocenters. The van der Waals surface area contributed by atoms with E-state index in [4.69, 9.17) is 0 Å². The molecule has 1 aromatic carbocycles. The number of hydrazone groups is 1. The lowest BCUT2D eigenvalue weighted by molar-refractivity contribution is -0.124. The number of fused-ring (bicyclic) bond motifs is 1. The lowest BCUT2D eigenvalue weighted by Crippen LogP contribution is -2.48. The molecule has 0 radical (unpaired) electrons. The highest BCUT2D eigenvalue weighted by Crippen LogP contribution is 2.34.